The van der Waals surface area contributed by atoms with Crippen LogP contribution in [0.4, 0.5) is 0 Å². The molecule has 2 aromatic heterocycles. The molecule has 0 aliphatic heterocycles. The van der Waals surface area contributed by atoms with E-state index < -0.39 is 0 Å². The van der Waals surface area contributed by atoms with Gasteiger partial charge in [0.25, 0.3) is 0 Å². The fourth-order valence-corrected chi connectivity index (χ4v) is 3.27. The highest BCUT2D eigenvalue weighted by Gasteiger charge is 2.09. The molecule has 27 heavy (non-hydrogen) atoms. The molecular formula is C20H25N5OS. The van der Waals surface area contributed by atoms with Gasteiger partial charge in [-0.1, -0.05) is 49.3 Å². The van der Waals surface area contributed by atoms with Crippen molar-refractivity contribution in [1.82, 2.24) is 20.8 Å². The fourth-order valence-electron chi connectivity index (χ4n) is 2.45. The molecule has 2 N–H and O–H groups in total. The van der Waals surface area contributed by atoms with Gasteiger partial charge in [-0.15, -0.1) is 11.3 Å². The summed E-state index contributed by atoms with van der Waals surface area (Å²) < 4.78 is 5.36. The maximum Gasteiger partial charge on any atom is 0.192 e. The molecule has 0 saturated heterocycles. The van der Waals surface area contributed by atoms with Gasteiger partial charge < -0.3 is 15.2 Å². The van der Waals surface area contributed by atoms with Crippen molar-refractivity contribution in [1.29, 1.82) is 0 Å². The molecule has 3 aromatic rings. The summed E-state index contributed by atoms with van der Waals surface area (Å²) in [6.07, 6.45) is 0. The molecule has 0 unspecified atom stereocenters. The number of nitrogens with one attached hydrogen (secondary N) is 2. The Morgan fingerprint density at radius 3 is 2.74 bits per heavy atom. The van der Waals surface area contributed by atoms with Gasteiger partial charge in [0.05, 0.1) is 24.5 Å². The monoisotopic (exact) mass is 383 g/mol. The van der Waals surface area contributed by atoms with Crippen LogP contribution in [0, 0.1) is 0 Å². The molecule has 0 bridgehead atoms. The van der Waals surface area contributed by atoms with Crippen molar-refractivity contribution < 1.29 is 4.52 Å². The molecule has 1 aromatic carbocycles. The average molecular weight is 384 g/mol. The number of aromatic nitrogens is 2. The quantitative estimate of drug-likeness (QED) is 0.473. The molecule has 0 atom stereocenters. The highest BCUT2D eigenvalue weighted by atomic mass is 32.1. The summed E-state index contributed by atoms with van der Waals surface area (Å²) in [6, 6.07) is 12.2. The van der Waals surface area contributed by atoms with E-state index in [0.29, 0.717) is 19.0 Å². The van der Waals surface area contributed by atoms with E-state index in [9.17, 15) is 0 Å². The Labute approximate surface area is 163 Å². The summed E-state index contributed by atoms with van der Waals surface area (Å²) in [7, 11) is 0. The van der Waals surface area contributed by atoms with E-state index in [4.69, 9.17) is 4.52 Å². The third-order valence-corrected chi connectivity index (χ3v) is 4.85. The predicted octanol–water partition coefficient (Wildman–Crippen LogP) is 4.18. The fraction of sp³-hybridized carbons (Fsp3) is 0.350. The van der Waals surface area contributed by atoms with Gasteiger partial charge >= 0.3 is 0 Å². The van der Waals surface area contributed by atoms with Crippen LogP contribution < -0.4 is 10.6 Å². The zero-order valence-corrected chi connectivity index (χ0v) is 16.7. The molecule has 142 valence electrons. The number of benzene rings is 1. The average Bonchev–Trinajstić information content (AvgIpc) is 3.34. The molecule has 6 nitrogen and oxygen atoms in total. The molecule has 0 saturated carbocycles. The van der Waals surface area contributed by atoms with E-state index in [1.807, 2.05) is 31.2 Å². The van der Waals surface area contributed by atoms with Crippen molar-refractivity contribution in [2.75, 3.05) is 6.54 Å². The first-order chi connectivity index (χ1) is 13.2. The summed E-state index contributed by atoms with van der Waals surface area (Å²) in [6.45, 7) is 8.07. The lowest BCUT2D eigenvalue weighted by atomic mass is 10.1. The van der Waals surface area contributed by atoms with Gasteiger partial charge in [0.15, 0.2) is 11.7 Å². The minimum atomic E-state index is 0.355. The van der Waals surface area contributed by atoms with Gasteiger partial charge in [-0.3, -0.25) is 0 Å². The van der Waals surface area contributed by atoms with E-state index in [1.165, 1.54) is 0 Å². The number of hydrogen-bond acceptors (Lipinski definition) is 5. The van der Waals surface area contributed by atoms with Crippen LogP contribution in [-0.2, 0) is 13.1 Å². The SMILES string of the molecule is CCNC(=NCc1csc(-c2ccccc2)n1)NCc1cc(C(C)C)no1. The third kappa shape index (κ3) is 5.40. The van der Waals surface area contributed by atoms with Crippen LogP contribution in [0.25, 0.3) is 10.6 Å². The Morgan fingerprint density at radius 2 is 2.04 bits per heavy atom. The van der Waals surface area contributed by atoms with Crippen LogP contribution in [0.3, 0.4) is 0 Å². The molecule has 0 aliphatic carbocycles. The highest BCUT2D eigenvalue weighted by Crippen LogP contribution is 2.23. The normalized spacial score (nSPS) is 11.8. The van der Waals surface area contributed by atoms with Gasteiger partial charge in [-0.2, -0.15) is 0 Å². The molecule has 0 fully saturated rings. The Bertz CT molecular complexity index is 869. The van der Waals surface area contributed by atoms with Gasteiger partial charge in [-0.05, 0) is 12.8 Å². The molecule has 2 heterocycles. The molecular weight excluding hydrogens is 358 g/mol. The summed E-state index contributed by atoms with van der Waals surface area (Å²) >= 11 is 1.64. The molecule has 0 amide bonds. The maximum absolute atomic E-state index is 5.36. The zero-order chi connectivity index (χ0) is 19.1. The minimum absolute atomic E-state index is 0.355. The van der Waals surface area contributed by atoms with E-state index in [2.05, 4.69) is 57.1 Å². The van der Waals surface area contributed by atoms with E-state index in [-0.39, 0.29) is 0 Å². The van der Waals surface area contributed by atoms with Crippen molar-refractivity contribution >= 4 is 17.3 Å². The number of rotatable bonds is 7. The van der Waals surface area contributed by atoms with Crippen LogP contribution in [0.2, 0.25) is 0 Å². The van der Waals surface area contributed by atoms with Crippen molar-refractivity contribution in [3.05, 3.63) is 58.9 Å². The van der Waals surface area contributed by atoms with Gasteiger partial charge in [0.2, 0.25) is 0 Å². The van der Waals surface area contributed by atoms with E-state index in [0.717, 1.165) is 40.2 Å². The molecule has 0 aliphatic rings. The van der Waals surface area contributed by atoms with Crippen LogP contribution in [0.15, 0.2) is 51.3 Å². The van der Waals surface area contributed by atoms with Crippen molar-refractivity contribution in [3.8, 4) is 10.6 Å². The number of thiazole rings is 1. The number of hydrogen-bond donors (Lipinski definition) is 2. The molecule has 3 rings (SSSR count). The largest absolute Gasteiger partial charge is 0.359 e. The van der Waals surface area contributed by atoms with Crippen LogP contribution in [-0.4, -0.2) is 22.6 Å². The number of guanidine groups is 1. The molecule has 7 heteroatoms. The van der Waals surface area contributed by atoms with Gasteiger partial charge in [0.1, 0.15) is 5.01 Å². The third-order valence-electron chi connectivity index (χ3n) is 3.91. The maximum atomic E-state index is 5.36. The Hall–Kier alpha value is -2.67. The summed E-state index contributed by atoms with van der Waals surface area (Å²) in [5, 5.41) is 13.7. The van der Waals surface area contributed by atoms with E-state index >= 15 is 0 Å². The highest BCUT2D eigenvalue weighted by molar-refractivity contribution is 7.13. The Morgan fingerprint density at radius 1 is 1.22 bits per heavy atom. The second-order valence-corrected chi connectivity index (χ2v) is 7.29. The lowest BCUT2D eigenvalue weighted by Crippen LogP contribution is -2.36. The lowest BCUT2D eigenvalue weighted by Gasteiger charge is -2.09. The Kier molecular flexibility index (Phi) is 6.59. The second kappa shape index (κ2) is 9.32. The van der Waals surface area contributed by atoms with Crippen LogP contribution in [0.1, 0.15) is 43.8 Å². The van der Waals surface area contributed by atoms with Crippen molar-refractivity contribution in [3.63, 3.8) is 0 Å². The first-order valence-electron chi connectivity index (χ1n) is 9.13. The predicted molar refractivity (Wildman–Crippen MR) is 110 cm³/mol. The van der Waals surface area contributed by atoms with Crippen molar-refractivity contribution in [2.45, 2.75) is 39.8 Å². The smallest absolute Gasteiger partial charge is 0.192 e. The van der Waals surface area contributed by atoms with E-state index in [1.54, 1.807) is 11.3 Å². The standard InChI is InChI=1S/C20H25N5OS/c1-4-21-20(23-12-17-10-18(14(2)3)25-26-17)22-11-16-13-27-19(24-16)15-8-6-5-7-9-15/h5-10,13-14H,4,11-12H2,1-3H3,(H2,21,22,23). The number of nitrogens with zero attached hydrogens (tertiary/aromatic N) is 3. The lowest BCUT2D eigenvalue weighted by molar-refractivity contribution is 0.372. The topological polar surface area (TPSA) is 75.3 Å². The first-order valence-corrected chi connectivity index (χ1v) is 10.0. The van der Waals surface area contributed by atoms with Crippen LogP contribution >= 0.6 is 11.3 Å². The Balaban J connectivity index is 1.61. The summed E-state index contributed by atoms with van der Waals surface area (Å²) in [4.78, 5) is 9.31. The second-order valence-electron chi connectivity index (χ2n) is 6.43. The summed E-state index contributed by atoms with van der Waals surface area (Å²) in [5.74, 6) is 1.88. The van der Waals surface area contributed by atoms with Crippen molar-refractivity contribution in [2.24, 2.45) is 4.99 Å². The van der Waals surface area contributed by atoms with Gasteiger partial charge in [0, 0.05) is 23.6 Å². The zero-order valence-electron chi connectivity index (χ0n) is 15.9. The number of aliphatic imine (C=N–C) groups is 1. The molecule has 0 radical (unpaired) electrons. The molecule has 0 spiro atoms. The van der Waals surface area contributed by atoms with Crippen LogP contribution in [0.5, 0.6) is 0 Å². The first kappa shape index (κ1) is 19.1. The van der Waals surface area contributed by atoms with Gasteiger partial charge in [-0.25, -0.2) is 9.98 Å². The summed E-state index contributed by atoms with van der Waals surface area (Å²) in [5.41, 5.74) is 3.05. The minimum Gasteiger partial charge on any atom is -0.359 e.